The molecule has 9 nitrogen and oxygen atoms in total. The zero-order valence-electron chi connectivity index (χ0n) is 22.4. The Morgan fingerprint density at radius 3 is 2.23 bits per heavy atom. The number of hydrogen-bond donors (Lipinski definition) is 1. The lowest BCUT2D eigenvalue weighted by atomic mass is 10.0. The molecule has 1 N–H and O–H groups in total. The molecule has 17 heteroatoms. The van der Waals surface area contributed by atoms with Gasteiger partial charge in [-0.2, -0.15) is 13.2 Å². The molecule has 0 fully saturated rings. The van der Waals surface area contributed by atoms with Gasteiger partial charge in [-0.25, -0.2) is 27.2 Å². The van der Waals surface area contributed by atoms with Crippen LogP contribution < -0.4 is 9.46 Å². The van der Waals surface area contributed by atoms with Crippen molar-refractivity contribution in [2.45, 2.75) is 24.4 Å². The van der Waals surface area contributed by atoms with Crippen LogP contribution in [-0.4, -0.2) is 46.4 Å². The number of imidazole rings is 1. The molecule has 0 amide bonds. The molecule has 0 atom stereocenters. The highest BCUT2D eigenvalue weighted by Crippen LogP contribution is 2.36. The second-order valence-corrected chi connectivity index (χ2v) is 11.1. The van der Waals surface area contributed by atoms with Crippen LogP contribution in [0.5, 0.6) is 5.75 Å². The van der Waals surface area contributed by atoms with E-state index < -0.39 is 45.5 Å². The number of sulfonamides is 1. The highest BCUT2D eigenvalue weighted by atomic mass is 32.2. The molecule has 3 aromatic carbocycles. The molecule has 0 saturated carbocycles. The summed E-state index contributed by atoms with van der Waals surface area (Å²) in [5, 5.41) is 7.82. The van der Waals surface area contributed by atoms with Crippen molar-refractivity contribution < 1.29 is 43.9 Å². The maximum absolute atomic E-state index is 16.1. The van der Waals surface area contributed by atoms with E-state index in [4.69, 9.17) is 0 Å². The molecule has 2 aromatic heterocycles. The molecule has 0 aliphatic heterocycles. The molecule has 5 rings (SSSR count). The summed E-state index contributed by atoms with van der Waals surface area (Å²) in [4.78, 5) is 3.38. The molecule has 0 unspecified atom stereocenters. The quantitative estimate of drug-likeness (QED) is 0.217. The molecule has 0 saturated heterocycles. The second-order valence-electron chi connectivity index (χ2n) is 9.21. The molecule has 44 heavy (non-hydrogen) atoms. The Morgan fingerprint density at radius 2 is 1.61 bits per heavy atom. The minimum Gasteiger partial charge on any atom is -0.406 e. The van der Waals surface area contributed by atoms with Crippen LogP contribution in [0.3, 0.4) is 0 Å². The highest BCUT2D eigenvalue weighted by molar-refractivity contribution is 7.89. The van der Waals surface area contributed by atoms with Gasteiger partial charge < -0.3 is 4.74 Å². The van der Waals surface area contributed by atoms with E-state index >= 15 is 4.39 Å². The molecule has 0 aliphatic rings. The van der Waals surface area contributed by atoms with Crippen molar-refractivity contribution in [2.24, 2.45) is 0 Å². The third-order valence-electron chi connectivity index (χ3n) is 6.36. The predicted octanol–water partition coefficient (Wildman–Crippen LogP) is 6.06. The van der Waals surface area contributed by atoms with Gasteiger partial charge in [0.1, 0.15) is 23.1 Å². The Bertz CT molecular complexity index is 1950. The molecule has 230 valence electrons. The Labute approximate surface area is 244 Å². The summed E-state index contributed by atoms with van der Waals surface area (Å²) in [6.45, 7) is 1.24. The average Bonchev–Trinajstić information content (AvgIpc) is 3.59. The summed E-state index contributed by atoms with van der Waals surface area (Å²) < 4.78 is 127. The van der Waals surface area contributed by atoms with Crippen LogP contribution in [-0.2, 0) is 16.2 Å². The predicted molar refractivity (Wildman–Crippen MR) is 142 cm³/mol. The van der Waals surface area contributed by atoms with Crippen LogP contribution in [0.2, 0.25) is 0 Å². The maximum atomic E-state index is 16.1. The molecule has 0 aliphatic carbocycles. The van der Waals surface area contributed by atoms with Gasteiger partial charge in [-0.1, -0.05) is 17.3 Å². The summed E-state index contributed by atoms with van der Waals surface area (Å²) in [7, 11) is -2.68. The topological polar surface area (TPSA) is 104 Å². The SMILES string of the molecule is CNS(=O)(=O)c1cccc(-c2cc(F)c(-n3cc(C(F)(F)F)nc3C)c(-n3nncc3-c3ccc(OC(F)(F)F)cc3)c2)c1. The van der Waals surface area contributed by atoms with Crippen LogP contribution in [0.1, 0.15) is 11.5 Å². The van der Waals surface area contributed by atoms with Crippen molar-refractivity contribution in [2.75, 3.05) is 7.05 Å². The van der Waals surface area contributed by atoms with Crippen molar-refractivity contribution >= 4 is 10.0 Å². The first kappa shape index (κ1) is 30.7. The Balaban J connectivity index is 1.73. The first-order chi connectivity index (χ1) is 20.6. The fraction of sp³-hybridized carbons (Fsp3) is 0.148. The van der Waals surface area contributed by atoms with Crippen LogP contribution >= 0.6 is 0 Å². The highest BCUT2D eigenvalue weighted by Gasteiger charge is 2.35. The van der Waals surface area contributed by atoms with Crippen LogP contribution in [0.4, 0.5) is 30.7 Å². The van der Waals surface area contributed by atoms with E-state index in [2.05, 4.69) is 24.8 Å². The van der Waals surface area contributed by atoms with E-state index in [9.17, 15) is 34.8 Å². The van der Waals surface area contributed by atoms with Crippen molar-refractivity contribution in [1.29, 1.82) is 0 Å². The Morgan fingerprint density at radius 1 is 0.909 bits per heavy atom. The fourth-order valence-corrected chi connectivity index (χ4v) is 5.16. The van der Waals surface area contributed by atoms with Crippen molar-refractivity contribution in [3.05, 3.63) is 90.4 Å². The zero-order chi connectivity index (χ0) is 32.0. The van der Waals surface area contributed by atoms with Gasteiger partial charge in [-0.3, -0.25) is 4.57 Å². The molecule has 0 bridgehead atoms. The summed E-state index contributed by atoms with van der Waals surface area (Å²) in [6.07, 6.45) is -7.95. The van der Waals surface area contributed by atoms with E-state index in [1.165, 1.54) is 62.6 Å². The van der Waals surface area contributed by atoms with Gasteiger partial charge in [0.2, 0.25) is 10.0 Å². The second kappa shape index (κ2) is 11.1. The van der Waals surface area contributed by atoms with E-state index in [0.717, 1.165) is 27.4 Å². The average molecular weight is 641 g/mol. The normalized spacial score (nSPS) is 12.5. The van der Waals surface area contributed by atoms with Crippen LogP contribution in [0.15, 0.2) is 78.0 Å². The van der Waals surface area contributed by atoms with Gasteiger partial charge in [-0.05, 0) is 73.6 Å². The minimum atomic E-state index is -4.93. The van der Waals surface area contributed by atoms with Gasteiger partial charge in [0.05, 0.1) is 22.5 Å². The number of nitrogens with zero attached hydrogens (tertiary/aromatic N) is 5. The van der Waals surface area contributed by atoms with E-state index in [0.29, 0.717) is 6.20 Å². The number of benzene rings is 3. The number of alkyl halides is 6. The zero-order valence-corrected chi connectivity index (χ0v) is 23.3. The van der Waals surface area contributed by atoms with Crippen LogP contribution in [0.25, 0.3) is 33.8 Å². The molecule has 2 heterocycles. The van der Waals surface area contributed by atoms with Gasteiger partial charge >= 0.3 is 12.5 Å². The number of halogens is 7. The largest absolute Gasteiger partial charge is 0.573 e. The number of ether oxygens (including phenoxy) is 1. The third-order valence-corrected chi connectivity index (χ3v) is 7.78. The molecule has 0 radical (unpaired) electrons. The first-order valence-corrected chi connectivity index (χ1v) is 13.8. The Hall–Kier alpha value is -4.77. The molecular weight excluding hydrogens is 621 g/mol. The molecule has 5 aromatic rings. The monoisotopic (exact) mass is 640 g/mol. The molecule has 0 spiro atoms. The summed E-state index contributed by atoms with van der Waals surface area (Å²) in [5.74, 6) is -1.76. The van der Waals surface area contributed by atoms with E-state index in [1.807, 2.05) is 0 Å². The number of aryl methyl sites for hydroxylation is 1. The van der Waals surface area contributed by atoms with Crippen molar-refractivity contribution in [3.63, 3.8) is 0 Å². The van der Waals surface area contributed by atoms with Crippen molar-refractivity contribution in [3.8, 4) is 39.5 Å². The fourth-order valence-electron chi connectivity index (χ4n) is 4.38. The van der Waals surface area contributed by atoms with Crippen LogP contribution in [0, 0.1) is 12.7 Å². The number of aromatic nitrogens is 5. The standard InChI is InChI=1S/C27H19F7N6O3S/c1-15-37-24(26(29,30)31)14-39(15)25-21(28)11-18(17-4-3-5-20(10-17)44(41,42)35-2)12-22(25)40-23(13-36-38-40)16-6-8-19(9-7-16)43-27(32,33)34/h3-14,35H,1-2H3. The van der Waals surface area contributed by atoms with Gasteiger partial charge in [0, 0.05) is 11.8 Å². The summed E-state index contributed by atoms with van der Waals surface area (Å²) in [5.41, 5.74) is -1.09. The van der Waals surface area contributed by atoms with Gasteiger partial charge in [0.25, 0.3) is 0 Å². The summed E-state index contributed by atoms with van der Waals surface area (Å²) >= 11 is 0. The lowest BCUT2D eigenvalue weighted by Crippen LogP contribution is -2.18. The van der Waals surface area contributed by atoms with Gasteiger partial charge in [0.15, 0.2) is 5.69 Å². The lowest BCUT2D eigenvalue weighted by Gasteiger charge is -2.17. The number of rotatable bonds is 7. The first-order valence-electron chi connectivity index (χ1n) is 12.4. The van der Waals surface area contributed by atoms with E-state index in [-0.39, 0.29) is 38.8 Å². The lowest BCUT2D eigenvalue weighted by molar-refractivity contribution is -0.274. The maximum Gasteiger partial charge on any atom is 0.573 e. The molecular formula is C27H19F7N6O3S. The number of hydrogen-bond acceptors (Lipinski definition) is 6. The van der Waals surface area contributed by atoms with E-state index in [1.54, 1.807) is 0 Å². The third kappa shape index (κ3) is 6.14. The smallest absolute Gasteiger partial charge is 0.406 e. The summed E-state index contributed by atoms with van der Waals surface area (Å²) in [6, 6.07) is 12.4. The Kier molecular flexibility index (Phi) is 7.71. The minimum absolute atomic E-state index is 0.124. The number of nitrogens with one attached hydrogen (secondary N) is 1. The van der Waals surface area contributed by atoms with Gasteiger partial charge in [-0.15, -0.1) is 18.3 Å². The van der Waals surface area contributed by atoms with Crippen molar-refractivity contribution in [1.82, 2.24) is 29.3 Å².